The molecular weight excluding hydrogens is 664 g/mol. The van der Waals surface area contributed by atoms with Crippen LogP contribution in [0.2, 0.25) is 5.02 Å². The summed E-state index contributed by atoms with van der Waals surface area (Å²) in [6.45, 7) is 7.41. The van der Waals surface area contributed by atoms with E-state index in [-0.39, 0.29) is 29.4 Å². The van der Waals surface area contributed by atoms with Crippen molar-refractivity contribution in [2.45, 2.75) is 109 Å². The van der Waals surface area contributed by atoms with Gasteiger partial charge >= 0.3 is 6.03 Å². The predicted octanol–water partition coefficient (Wildman–Crippen LogP) is 7.39. The fourth-order valence-corrected chi connectivity index (χ4v) is 7.56. The maximum Gasteiger partial charge on any atom is 0.318 e. The Kier molecular flexibility index (Phi) is 11.8. The molecule has 3 heterocycles. The number of piperidine rings is 1. The van der Waals surface area contributed by atoms with Gasteiger partial charge in [-0.2, -0.15) is 0 Å². The number of benzene rings is 1. The number of aromatic nitrogens is 3. The molecule has 3 amide bonds. The molecule has 1 aliphatic carbocycles. The number of nitrogens with zero attached hydrogens (tertiary/aromatic N) is 4. The van der Waals surface area contributed by atoms with Gasteiger partial charge in [0, 0.05) is 58.5 Å². The Balaban J connectivity index is 1.27. The average Bonchev–Trinajstić information content (AvgIpc) is 3.59. The highest BCUT2D eigenvalue weighted by molar-refractivity contribution is 9.10. The maximum absolute atomic E-state index is 13.8. The van der Waals surface area contributed by atoms with Gasteiger partial charge < -0.3 is 20.1 Å². The number of likely N-dealkylation sites (tertiary alicyclic amines) is 1. The predicted molar refractivity (Wildman–Crippen MR) is 187 cm³/mol. The minimum Gasteiger partial charge on any atom is -0.354 e. The van der Waals surface area contributed by atoms with E-state index in [4.69, 9.17) is 11.6 Å². The molecule has 10 heteroatoms. The number of aryl methyl sites for hydroxylation is 3. The third kappa shape index (κ3) is 9.12. The molecule has 2 fully saturated rings. The number of pyridine rings is 1. The maximum atomic E-state index is 13.8. The lowest BCUT2D eigenvalue weighted by atomic mass is 9.83. The number of imidazole rings is 1. The third-order valence-electron chi connectivity index (χ3n) is 9.95. The first-order chi connectivity index (χ1) is 22.1. The van der Waals surface area contributed by atoms with Crippen LogP contribution < -0.4 is 10.6 Å². The number of hydrogen-bond donors (Lipinski definition) is 2. The molecule has 2 N–H and O–H groups in total. The Hall–Kier alpha value is -2.91. The summed E-state index contributed by atoms with van der Waals surface area (Å²) in [4.78, 5) is 37.9. The second-order valence-corrected chi connectivity index (χ2v) is 15.1. The molecule has 2 atom stereocenters. The molecule has 3 aromatic rings. The van der Waals surface area contributed by atoms with Crippen molar-refractivity contribution < 1.29 is 9.59 Å². The SMILES string of the molecule is Cc1ncc(Br)cc1CCc1cc(Cl)ccc1CC1CCN(C(=O)NC2CCCCC2)C(C(=O)NCCC(C)(C)n2ccnc2)C1. The van der Waals surface area contributed by atoms with Crippen LogP contribution in [-0.2, 0) is 29.6 Å². The van der Waals surface area contributed by atoms with Crippen LogP contribution >= 0.6 is 27.5 Å². The molecule has 8 nitrogen and oxygen atoms in total. The van der Waals surface area contributed by atoms with Crippen molar-refractivity contribution in [2.24, 2.45) is 5.92 Å². The van der Waals surface area contributed by atoms with Crippen LogP contribution in [0.25, 0.3) is 0 Å². The van der Waals surface area contributed by atoms with Gasteiger partial charge in [0.05, 0.1) is 6.33 Å². The smallest absolute Gasteiger partial charge is 0.318 e. The third-order valence-corrected chi connectivity index (χ3v) is 10.6. The number of amides is 3. The lowest BCUT2D eigenvalue weighted by molar-refractivity contribution is -0.127. The average molecular weight is 712 g/mol. The molecule has 1 saturated carbocycles. The fourth-order valence-electron chi connectivity index (χ4n) is 6.98. The Bertz CT molecular complexity index is 1470. The quantitative estimate of drug-likeness (QED) is 0.217. The molecular formula is C36H48BrClN6O2. The van der Waals surface area contributed by atoms with E-state index >= 15 is 0 Å². The van der Waals surface area contributed by atoms with E-state index in [0.717, 1.165) is 73.0 Å². The monoisotopic (exact) mass is 710 g/mol. The summed E-state index contributed by atoms with van der Waals surface area (Å²) in [7, 11) is 0. The zero-order valence-electron chi connectivity index (χ0n) is 27.4. The summed E-state index contributed by atoms with van der Waals surface area (Å²) >= 11 is 10.0. The minimum atomic E-state index is -0.509. The van der Waals surface area contributed by atoms with Gasteiger partial charge in [-0.15, -0.1) is 0 Å². The summed E-state index contributed by atoms with van der Waals surface area (Å²) < 4.78 is 3.05. The Morgan fingerprint density at radius 2 is 1.85 bits per heavy atom. The van der Waals surface area contributed by atoms with Gasteiger partial charge in [-0.05, 0) is 129 Å². The van der Waals surface area contributed by atoms with E-state index in [9.17, 15) is 9.59 Å². The Morgan fingerprint density at radius 3 is 2.61 bits per heavy atom. The van der Waals surface area contributed by atoms with Crippen LogP contribution in [-0.4, -0.2) is 56.5 Å². The van der Waals surface area contributed by atoms with E-state index in [2.05, 4.69) is 73.1 Å². The summed E-state index contributed by atoms with van der Waals surface area (Å²) in [6.07, 6.45) is 17.7. The normalized spacial score (nSPS) is 19.2. The largest absolute Gasteiger partial charge is 0.354 e. The van der Waals surface area contributed by atoms with Crippen LogP contribution in [0, 0.1) is 12.8 Å². The van der Waals surface area contributed by atoms with Crippen molar-refractivity contribution in [2.75, 3.05) is 13.1 Å². The Labute approximate surface area is 287 Å². The van der Waals surface area contributed by atoms with Crippen molar-refractivity contribution in [3.63, 3.8) is 0 Å². The minimum absolute atomic E-state index is 0.0705. The standard InChI is InChI=1S/C36H48BrClN6O2/c1-25-27(21-30(37)23-41-25)9-10-29-22-31(38)12-11-28(29)19-26-13-17-44(35(46)42-32-7-5-4-6-8-32)33(20-26)34(45)40-15-14-36(2,3)43-18-16-39-24-43/h11-12,16,18,21-24,26,32-33H,4-10,13-15,17,19-20H2,1-3H3,(H,40,45)(H,42,46). The summed E-state index contributed by atoms with van der Waals surface area (Å²) in [5.74, 6) is 0.199. The number of nitrogens with one attached hydrogen (secondary N) is 2. The summed E-state index contributed by atoms with van der Waals surface area (Å²) in [5, 5.41) is 7.19. The fraction of sp³-hybridized carbons (Fsp3) is 0.556. The highest BCUT2D eigenvalue weighted by atomic mass is 79.9. The van der Waals surface area contributed by atoms with Gasteiger partial charge in [-0.3, -0.25) is 9.78 Å². The molecule has 5 rings (SSSR count). The highest BCUT2D eigenvalue weighted by Crippen LogP contribution is 2.30. The van der Waals surface area contributed by atoms with E-state index in [1.807, 2.05) is 31.7 Å². The Morgan fingerprint density at radius 1 is 1.07 bits per heavy atom. The second-order valence-electron chi connectivity index (χ2n) is 13.7. The molecule has 2 aliphatic rings. The van der Waals surface area contributed by atoms with E-state index in [0.29, 0.717) is 19.5 Å². The van der Waals surface area contributed by atoms with E-state index < -0.39 is 6.04 Å². The molecule has 0 spiro atoms. The molecule has 46 heavy (non-hydrogen) atoms. The van der Waals surface area contributed by atoms with Gasteiger partial charge in [0.25, 0.3) is 0 Å². The zero-order chi connectivity index (χ0) is 32.7. The molecule has 0 bridgehead atoms. The van der Waals surface area contributed by atoms with Gasteiger partial charge in [-0.1, -0.05) is 36.9 Å². The number of rotatable bonds is 11. The summed E-state index contributed by atoms with van der Waals surface area (Å²) in [5.41, 5.74) is 4.55. The van der Waals surface area contributed by atoms with Crippen molar-refractivity contribution in [1.29, 1.82) is 0 Å². The topological polar surface area (TPSA) is 92.1 Å². The molecule has 1 aromatic carbocycles. The van der Waals surface area contributed by atoms with Crippen LogP contribution in [0.4, 0.5) is 4.79 Å². The molecule has 2 aromatic heterocycles. The highest BCUT2D eigenvalue weighted by Gasteiger charge is 2.37. The number of urea groups is 1. The van der Waals surface area contributed by atoms with Crippen molar-refractivity contribution in [3.8, 4) is 0 Å². The molecule has 2 unspecified atom stereocenters. The van der Waals surface area contributed by atoms with Crippen LogP contribution in [0.15, 0.2) is 53.7 Å². The second kappa shape index (κ2) is 15.8. The van der Waals surface area contributed by atoms with Crippen LogP contribution in [0.3, 0.4) is 0 Å². The first-order valence-electron chi connectivity index (χ1n) is 16.8. The molecule has 0 radical (unpaired) electrons. The van der Waals surface area contributed by atoms with Crippen LogP contribution in [0.5, 0.6) is 0 Å². The lowest BCUT2D eigenvalue weighted by Crippen LogP contribution is -2.58. The van der Waals surface area contributed by atoms with E-state index in [1.165, 1.54) is 23.1 Å². The van der Waals surface area contributed by atoms with Crippen molar-refractivity contribution in [3.05, 3.63) is 81.1 Å². The van der Waals surface area contributed by atoms with Crippen molar-refractivity contribution in [1.82, 2.24) is 30.1 Å². The molecule has 1 aliphatic heterocycles. The van der Waals surface area contributed by atoms with Crippen LogP contribution in [0.1, 0.15) is 87.6 Å². The lowest BCUT2D eigenvalue weighted by Gasteiger charge is -2.40. The number of carbonyl (C=O) groups excluding carboxylic acids is 2. The zero-order valence-corrected chi connectivity index (χ0v) is 29.7. The summed E-state index contributed by atoms with van der Waals surface area (Å²) in [6, 6.07) is 7.90. The van der Waals surface area contributed by atoms with Crippen molar-refractivity contribution >= 4 is 39.5 Å². The van der Waals surface area contributed by atoms with Gasteiger partial charge in [0.2, 0.25) is 5.91 Å². The molecule has 248 valence electrons. The number of halogens is 2. The van der Waals surface area contributed by atoms with Gasteiger partial charge in [0.15, 0.2) is 0 Å². The van der Waals surface area contributed by atoms with Gasteiger partial charge in [0.1, 0.15) is 6.04 Å². The van der Waals surface area contributed by atoms with Gasteiger partial charge in [-0.25, -0.2) is 9.78 Å². The first-order valence-corrected chi connectivity index (χ1v) is 18.0. The number of hydrogen-bond acceptors (Lipinski definition) is 4. The first kappa shape index (κ1) is 34.4. The van der Waals surface area contributed by atoms with E-state index in [1.54, 1.807) is 11.1 Å². The number of carbonyl (C=O) groups is 2. The molecule has 1 saturated heterocycles.